The lowest BCUT2D eigenvalue weighted by Gasteiger charge is -2.09. The summed E-state index contributed by atoms with van der Waals surface area (Å²) in [6, 6.07) is 8.61. The fourth-order valence-electron chi connectivity index (χ4n) is 1.40. The second-order valence-electron chi connectivity index (χ2n) is 3.59. The molecule has 2 rings (SSSR count). The van der Waals surface area contributed by atoms with Crippen molar-refractivity contribution in [1.82, 2.24) is 0 Å². The Balaban J connectivity index is 2.39. The molecule has 6 heteroatoms. The normalized spacial score (nSPS) is 10.1. The average Bonchev–Trinajstić information content (AvgIpc) is 2.35. The third-order valence-corrected chi connectivity index (χ3v) is 3.70. The van der Waals surface area contributed by atoms with Crippen LogP contribution in [0.4, 0.5) is 4.39 Å². The Morgan fingerprint density at radius 2 is 1.84 bits per heavy atom. The number of rotatable bonds is 2. The molecular formula is C13H5BrCl2FNO. The summed E-state index contributed by atoms with van der Waals surface area (Å²) in [5.41, 5.74) is 0.161. The summed E-state index contributed by atoms with van der Waals surface area (Å²) in [6.07, 6.45) is 0. The Morgan fingerprint density at radius 1 is 1.11 bits per heavy atom. The van der Waals surface area contributed by atoms with Gasteiger partial charge in [0.05, 0.1) is 21.7 Å². The van der Waals surface area contributed by atoms with Gasteiger partial charge >= 0.3 is 0 Å². The van der Waals surface area contributed by atoms with Gasteiger partial charge < -0.3 is 4.74 Å². The Hall–Kier alpha value is -1.28. The van der Waals surface area contributed by atoms with E-state index in [4.69, 9.17) is 33.2 Å². The second-order valence-corrected chi connectivity index (χ2v) is 5.25. The molecule has 0 spiro atoms. The highest BCUT2D eigenvalue weighted by Crippen LogP contribution is 2.36. The highest BCUT2D eigenvalue weighted by molar-refractivity contribution is 9.10. The van der Waals surface area contributed by atoms with Crippen LogP contribution in [0.2, 0.25) is 10.0 Å². The highest BCUT2D eigenvalue weighted by Gasteiger charge is 2.09. The number of hydrogen-bond donors (Lipinski definition) is 0. The van der Waals surface area contributed by atoms with Gasteiger partial charge in [0.2, 0.25) is 0 Å². The molecule has 0 heterocycles. The summed E-state index contributed by atoms with van der Waals surface area (Å²) in [5, 5.41) is 9.49. The summed E-state index contributed by atoms with van der Waals surface area (Å²) in [7, 11) is 0. The van der Waals surface area contributed by atoms with Crippen molar-refractivity contribution < 1.29 is 9.13 Å². The number of hydrogen-bond acceptors (Lipinski definition) is 2. The molecule has 0 fully saturated rings. The van der Waals surface area contributed by atoms with Crippen LogP contribution < -0.4 is 4.74 Å². The average molecular weight is 361 g/mol. The maximum absolute atomic E-state index is 13.3. The van der Waals surface area contributed by atoms with Gasteiger partial charge in [-0.25, -0.2) is 4.39 Å². The Labute approximate surface area is 127 Å². The lowest BCUT2D eigenvalue weighted by atomic mass is 10.2. The minimum atomic E-state index is -0.562. The van der Waals surface area contributed by atoms with Crippen LogP contribution in [0.3, 0.4) is 0 Å². The van der Waals surface area contributed by atoms with Gasteiger partial charge in [0, 0.05) is 16.6 Å². The first-order valence-corrected chi connectivity index (χ1v) is 6.57. The van der Waals surface area contributed by atoms with Crippen molar-refractivity contribution >= 4 is 39.1 Å². The summed E-state index contributed by atoms with van der Waals surface area (Å²) in [6.45, 7) is 0. The molecule has 0 aliphatic carbocycles. The molecule has 0 amide bonds. The molecule has 0 N–H and O–H groups in total. The first-order valence-electron chi connectivity index (χ1n) is 5.02. The number of halogens is 4. The predicted octanol–water partition coefficient (Wildman–Crippen LogP) is 5.56. The SMILES string of the molecule is N#Cc1cc(F)cc(Oc2cc(Cl)c(Br)cc2Cl)c1. The minimum Gasteiger partial charge on any atom is -0.456 e. The monoisotopic (exact) mass is 359 g/mol. The van der Waals surface area contributed by atoms with Crippen molar-refractivity contribution in [3.63, 3.8) is 0 Å². The van der Waals surface area contributed by atoms with Crippen molar-refractivity contribution in [3.05, 3.63) is 56.2 Å². The third-order valence-electron chi connectivity index (χ3n) is 2.20. The smallest absolute Gasteiger partial charge is 0.147 e. The lowest BCUT2D eigenvalue weighted by molar-refractivity contribution is 0.476. The molecule has 0 unspecified atom stereocenters. The van der Waals surface area contributed by atoms with Crippen LogP contribution in [-0.2, 0) is 0 Å². The largest absolute Gasteiger partial charge is 0.456 e. The van der Waals surface area contributed by atoms with Crippen LogP contribution in [-0.4, -0.2) is 0 Å². The van der Waals surface area contributed by atoms with Gasteiger partial charge in [-0.05, 0) is 34.1 Å². The van der Waals surface area contributed by atoms with Crippen LogP contribution in [0.1, 0.15) is 5.56 Å². The van der Waals surface area contributed by atoms with Crippen molar-refractivity contribution in [2.24, 2.45) is 0 Å². The van der Waals surface area contributed by atoms with E-state index in [1.165, 1.54) is 12.1 Å². The first-order chi connectivity index (χ1) is 8.99. The van der Waals surface area contributed by atoms with E-state index in [2.05, 4.69) is 15.9 Å². The molecule has 0 saturated carbocycles. The van der Waals surface area contributed by atoms with E-state index in [1.54, 1.807) is 6.07 Å². The van der Waals surface area contributed by atoms with Crippen molar-refractivity contribution in [2.45, 2.75) is 0 Å². The molecule has 0 aromatic heterocycles. The Morgan fingerprint density at radius 3 is 2.53 bits per heavy atom. The van der Waals surface area contributed by atoms with Gasteiger partial charge in [-0.2, -0.15) is 5.26 Å². The second kappa shape index (κ2) is 5.79. The van der Waals surface area contributed by atoms with Crippen molar-refractivity contribution in [1.29, 1.82) is 5.26 Å². The summed E-state index contributed by atoms with van der Waals surface area (Å²) in [4.78, 5) is 0. The molecular weight excluding hydrogens is 356 g/mol. The van der Waals surface area contributed by atoms with E-state index in [0.717, 1.165) is 12.1 Å². The van der Waals surface area contributed by atoms with Gasteiger partial charge in [0.25, 0.3) is 0 Å². The molecule has 2 nitrogen and oxygen atoms in total. The number of ether oxygens (including phenoxy) is 1. The zero-order chi connectivity index (χ0) is 14.0. The maximum Gasteiger partial charge on any atom is 0.147 e. The predicted molar refractivity (Wildman–Crippen MR) is 75.4 cm³/mol. The quantitative estimate of drug-likeness (QED) is 0.657. The maximum atomic E-state index is 13.3. The van der Waals surface area contributed by atoms with Crippen molar-refractivity contribution in [3.8, 4) is 17.6 Å². The van der Waals surface area contributed by atoms with E-state index < -0.39 is 5.82 Å². The van der Waals surface area contributed by atoms with Crippen LogP contribution in [0.25, 0.3) is 0 Å². The molecule has 0 radical (unpaired) electrons. The Bertz CT molecular complexity index is 685. The van der Waals surface area contributed by atoms with Crippen LogP contribution in [0, 0.1) is 17.1 Å². The number of nitriles is 1. The molecule has 0 bridgehead atoms. The molecule has 96 valence electrons. The lowest BCUT2D eigenvalue weighted by Crippen LogP contribution is -1.89. The third kappa shape index (κ3) is 3.38. The van der Waals surface area contributed by atoms with E-state index in [0.29, 0.717) is 14.5 Å². The standard InChI is InChI=1S/C13H5BrCl2FNO/c14-10-4-12(16)13(5-11(10)15)19-9-2-7(6-18)1-8(17)3-9/h1-5H. The minimum absolute atomic E-state index is 0.161. The molecule has 19 heavy (non-hydrogen) atoms. The van der Waals surface area contributed by atoms with Crippen LogP contribution in [0.5, 0.6) is 11.5 Å². The zero-order valence-electron chi connectivity index (χ0n) is 9.25. The summed E-state index contributed by atoms with van der Waals surface area (Å²) < 4.78 is 19.3. The van der Waals surface area contributed by atoms with Gasteiger partial charge in [-0.15, -0.1) is 0 Å². The van der Waals surface area contributed by atoms with Gasteiger partial charge in [-0.3, -0.25) is 0 Å². The summed E-state index contributed by atoms with van der Waals surface area (Å²) >= 11 is 15.1. The van der Waals surface area contributed by atoms with Gasteiger partial charge in [0.15, 0.2) is 0 Å². The highest BCUT2D eigenvalue weighted by atomic mass is 79.9. The molecule has 0 atom stereocenters. The number of benzene rings is 2. The molecule has 0 saturated heterocycles. The van der Waals surface area contributed by atoms with Gasteiger partial charge in [-0.1, -0.05) is 23.2 Å². The van der Waals surface area contributed by atoms with E-state index in [1.807, 2.05) is 6.07 Å². The van der Waals surface area contributed by atoms with E-state index in [9.17, 15) is 4.39 Å². The molecule has 0 aliphatic rings. The summed E-state index contributed by atoms with van der Waals surface area (Å²) in [5.74, 6) is -0.102. The van der Waals surface area contributed by atoms with Crippen LogP contribution >= 0.6 is 39.1 Å². The van der Waals surface area contributed by atoms with Crippen molar-refractivity contribution in [2.75, 3.05) is 0 Å². The topological polar surface area (TPSA) is 33.0 Å². The fraction of sp³-hybridized carbons (Fsp3) is 0. The van der Waals surface area contributed by atoms with E-state index >= 15 is 0 Å². The zero-order valence-corrected chi connectivity index (χ0v) is 12.4. The molecule has 0 aliphatic heterocycles. The number of nitrogens with zero attached hydrogens (tertiary/aromatic N) is 1. The van der Waals surface area contributed by atoms with Gasteiger partial charge in [0.1, 0.15) is 17.3 Å². The molecule has 2 aromatic rings. The fourth-order valence-corrected chi connectivity index (χ4v) is 2.23. The molecule has 2 aromatic carbocycles. The van der Waals surface area contributed by atoms with E-state index in [-0.39, 0.29) is 17.1 Å². The first kappa shape index (κ1) is 14.1. The van der Waals surface area contributed by atoms with Crippen LogP contribution in [0.15, 0.2) is 34.8 Å². The Kier molecular flexibility index (Phi) is 4.31.